The first-order valence-corrected chi connectivity index (χ1v) is 5.21. The summed E-state index contributed by atoms with van der Waals surface area (Å²) in [6.07, 6.45) is 4.32. The molecule has 14 heavy (non-hydrogen) atoms. The number of aryl methyl sites for hydroxylation is 1. The number of nitriles is 1. The predicted molar refractivity (Wildman–Crippen MR) is 56.8 cm³/mol. The molecule has 1 aromatic carbocycles. The van der Waals surface area contributed by atoms with Gasteiger partial charge in [-0.15, -0.1) is 0 Å². The molecule has 1 aliphatic carbocycles. The van der Waals surface area contributed by atoms with Crippen LogP contribution >= 0.6 is 0 Å². The summed E-state index contributed by atoms with van der Waals surface area (Å²) in [7, 11) is 0. The van der Waals surface area contributed by atoms with Gasteiger partial charge in [0.1, 0.15) is 0 Å². The standard InChI is InChI=1S/C13H15N/c1-11-3-5-12(6-4-11)9-13(10-14)7-2-8-13/h3-6H,2,7-9H2,1H3. The molecule has 0 bridgehead atoms. The van der Waals surface area contributed by atoms with Crippen LogP contribution in [0.2, 0.25) is 0 Å². The van der Waals surface area contributed by atoms with Gasteiger partial charge in [0.15, 0.2) is 0 Å². The Balaban J connectivity index is 2.11. The Morgan fingerprint density at radius 3 is 2.36 bits per heavy atom. The lowest BCUT2D eigenvalue weighted by molar-refractivity contribution is 0.214. The molecule has 1 aromatic rings. The average molecular weight is 185 g/mol. The number of rotatable bonds is 2. The zero-order chi connectivity index (χ0) is 10.0. The van der Waals surface area contributed by atoms with E-state index in [1.54, 1.807) is 0 Å². The molecule has 1 fully saturated rings. The molecule has 0 unspecified atom stereocenters. The molecule has 72 valence electrons. The van der Waals surface area contributed by atoms with E-state index in [2.05, 4.69) is 37.3 Å². The number of hydrogen-bond acceptors (Lipinski definition) is 1. The van der Waals surface area contributed by atoms with E-state index in [9.17, 15) is 0 Å². The summed E-state index contributed by atoms with van der Waals surface area (Å²) in [4.78, 5) is 0. The molecule has 0 amide bonds. The van der Waals surface area contributed by atoms with Crippen molar-refractivity contribution in [1.82, 2.24) is 0 Å². The van der Waals surface area contributed by atoms with Crippen molar-refractivity contribution in [3.63, 3.8) is 0 Å². The average Bonchev–Trinajstić information content (AvgIpc) is 2.15. The third kappa shape index (κ3) is 1.65. The van der Waals surface area contributed by atoms with Crippen molar-refractivity contribution < 1.29 is 0 Å². The molecule has 1 nitrogen and oxygen atoms in total. The van der Waals surface area contributed by atoms with Crippen molar-refractivity contribution in [1.29, 1.82) is 5.26 Å². The largest absolute Gasteiger partial charge is 0.198 e. The SMILES string of the molecule is Cc1ccc(CC2(C#N)CCC2)cc1. The maximum absolute atomic E-state index is 9.10. The van der Waals surface area contributed by atoms with Gasteiger partial charge in [0.2, 0.25) is 0 Å². The number of nitrogens with zero attached hydrogens (tertiary/aromatic N) is 1. The van der Waals surface area contributed by atoms with E-state index in [4.69, 9.17) is 5.26 Å². The van der Waals surface area contributed by atoms with Gasteiger partial charge in [-0.2, -0.15) is 5.26 Å². The highest BCUT2D eigenvalue weighted by Gasteiger charge is 2.36. The van der Waals surface area contributed by atoms with Crippen LogP contribution in [0.15, 0.2) is 24.3 Å². The molecule has 0 aliphatic heterocycles. The van der Waals surface area contributed by atoms with Gasteiger partial charge in [-0.3, -0.25) is 0 Å². The molecule has 0 heterocycles. The monoisotopic (exact) mass is 185 g/mol. The van der Waals surface area contributed by atoms with Crippen LogP contribution in [0.1, 0.15) is 30.4 Å². The Hall–Kier alpha value is -1.29. The van der Waals surface area contributed by atoms with Gasteiger partial charge in [0, 0.05) is 0 Å². The van der Waals surface area contributed by atoms with Crippen LogP contribution in [0.25, 0.3) is 0 Å². The topological polar surface area (TPSA) is 23.8 Å². The fourth-order valence-electron chi connectivity index (χ4n) is 2.03. The summed E-state index contributed by atoms with van der Waals surface area (Å²) in [6, 6.07) is 11.0. The summed E-state index contributed by atoms with van der Waals surface area (Å²) in [5.74, 6) is 0. The minimum Gasteiger partial charge on any atom is -0.198 e. The smallest absolute Gasteiger partial charge is 0.0693 e. The lowest BCUT2D eigenvalue weighted by Crippen LogP contribution is -2.29. The van der Waals surface area contributed by atoms with Crippen molar-refractivity contribution in [2.24, 2.45) is 5.41 Å². The summed E-state index contributed by atoms with van der Waals surface area (Å²) in [5, 5.41) is 9.10. The Kier molecular flexibility index (Phi) is 2.29. The van der Waals surface area contributed by atoms with Crippen LogP contribution in [0.5, 0.6) is 0 Å². The highest BCUT2D eigenvalue weighted by Crippen LogP contribution is 2.42. The Labute approximate surface area is 85.4 Å². The van der Waals surface area contributed by atoms with Crippen LogP contribution in [-0.2, 0) is 6.42 Å². The zero-order valence-corrected chi connectivity index (χ0v) is 8.59. The molecule has 1 saturated carbocycles. The van der Waals surface area contributed by atoms with Gasteiger partial charge in [0.25, 0.3) is 0 Å². The Bertz CT molecular complexity index is 352. The Morgan fingerprint density at radius 1 is 1.29 bits per heavy atom. The molecule has 2 rings (SSSR count). The van der Waals surface area contributed by atoms with Crippen molar-refractivity contribution in [3.05, 3.63) is 35.4 Å². The third-order valence-electron chi connectivity index (χ3n) is 3.21. The quantitative estimate of drug-likeness (QED) is 0.694. The highest BCUT2D eigenvalue weighted by molar-refractivity contribution is 5.24. The van der Waals surface area contributed by atoms with Crippen LogP contribution in [0.4, 0.5) is 0 Å². The van der Waals surface area contributed by atoms with Crippen molar-refractivity contribution in [2.75, 3.05) is 0 Å². The second-order valence-corrected chi connectivity index (χ2v) is 4.41. The van der Waals surface area contributed by atoms with Gasteiger partial charge in [0.05, 0.1) is 11.5 Å². The summed E-state index contributed by atoms with van der Waals surface area (Å²) < 4.78 is 0. The van der Waals surface area contributed by atoms with E-state index < -0.39 is 0 Å². The molecule has 0 spiro atoms. The minimum absolute atomic E-state index is 0.0325. The first kappa shape index (κ1) is 9.27. The minimum atomic E-state index is -0.0325. The molecule has 0 saturated heterocycles. The van der Waals surface area contributed by atoms with E-state index in [-0.39, 0.29) is 5.41 Å². The molecular formula is C13H15N. The molecule has 1 heteroatoms. The lowest BCUT2D eigenvalue weighted by atomic mass is 9.66. The second-order valence-electron chi connectivity index (χ2n) is 4.41. The van der Waals surface area contributed by atoms with Crippen LogP contribution in [-0.4, -0.2) is 0 Å². The van der Waals surface area contributed by atoms with Crippen molar-refractivity contribution >= 4 is 0 Å². The maximum Gasteiger partial charge on any atom is 0.0693 e. The maximum atomic E-state index is 9.10. The Morgan fingerprint density at radius 2 is 1.93 bits per heavy atom. The van der Waals surface area contributed by atoms with E-state index >= 15 is 0 Å². The molecule has 0 atom stereocenters. The van der Waals surface area contributed by atoms with Gasteiger partial charge < -0.3 is 0 Å². The van der Waals surface area contributed by atoms with E-state index in [1.807, 2.05) is 0 Å². The van der Waals surface area contributed by atoms with Crippen LogP contribution < -0.4 is 0 Å². The highest BCUT2D eigenvalue weighted by atomic mass is 14.4. The van der Waals surface area contributed by atoms with Gasteiger partial charge >= 0.3 is 0 Å². The second kappa shape index (κ2) is 3.46. The van der Waals surface area contributed by atoms with Crippen molar-refractivity contribution in [3.8, 4) is 6.07 Å². The summed E-state index contributed by atoms with van der Waals surface area (Å²) in [5.41, 5.74) is 2.56. The fourth-order valence-corrected chi connectivity index (χ4v) is 2.03. The van der Waals surface area contributed by atoms with Gasteiger partial charge in [-0.25, -0.2) is 0 Å². The normalized spacial score (nSPS) is 18.3. The number of hydrogen-bond donors (Lipinski definition) is 0. The predicted octanol–water partition coefficient (Wildman–Crippen LogP) is 3.23. The van der Waals surface area contributed by atoms with Crippen LogP contribution in [0.3, 0.4) is 0 Å². The molecule has 0 aromatic heterocycles. The van der Waals surface area contributed by atoms with E-state index in [1.165, 1.54) is 17.5 Å². The molecule has 0 radical (unpaired) electrons. The van der Waals surface area contributed by atoms with E-state index in [0.29, 0.717) is 0 Å². The molecule has 0 N–H and O–H groups in total. The molecular weight excluding hydrogens is 170 g/mol. The first-order valence-electron chi connectivity index (χ1n) is 5.21. The van der Waals surface area contributed by atoms with Crippen LogP contribution in [0, 0.1) is 23.7 Å². The first-order chi connectivity index (χ1) is 6.74. The van der Waals surface area contributed by atoms with E-state index in [0.717, 1.165) is 19.3 Å². The fraction of sp³-hybridized carbons (Fsp3) is 0.462. The lowest BCUT2D eigenvalue weighted by Gasteiger charge is -2.35. The number of benzene rings is 1. The molecule has 1 aliphatic rings. The van der Waals surface area contributed by atoms with Crippen molar-refractivity contribution in [2.45, 2.75) is 32.6 Å². The van der Waals surface area contributed by atoms with Gasteiger partial charge in [-0.1, -0.05) is 36.2 Å². The summed E-state index contributed by atoms with van der Waals surface area (Å²) in [6.45, 7) is 2.09. The summed E-state index contributed by atoms with van der Waals surface area (Å²) >= 11 is 0. The van der Waals surface area contributed by atoms with Gasteiger partial charge in [-0.05, 0) is 31.7 Å². The third-order valence-corrected chi connectivity index (χ3v) is 3.21. The zero-order valence-electron chi connectivity index (χ0n) is 8.59.